The third-order valence-corrected chi connectivity index (χ3v) is 4.66. The Morgan fingerprint density at radius 2 is 1.50 bits per heavy atom. The van der Waals surface area contributed by atoms with Gasteiger partial charge in [-0.3, -0.25) is 4.18 Å². The summed E-state index contributed by atoms with van der Waals surface area (Å²) in [6.45, 7) is 2.37. The summed E-state index contributed by atoms with van der Waals surface area (Å²) in [7, 11) is -2.64. The molecule has 2 amide bonds. The van der Waals surface area contributed by atoms with E-state index in [0.29, 0.717) is 0 Å². The molecule has 1 aliphatic rings. The molecule has 0 radical (unpaired) electrons. The Hall–Kier alpha value is -1.84. The fourth-order valence-electron chi connectivity index (χ4n) is 2.32. The van der Waals surface area contributed by atoms with E-state index in [0.717, 1.165) is 14.2 Å². The highest BCUT2D eigenvalue weighted by Gasteiger charge is 2.59. The molecule has 2 N–H and O–H groups in total. The fraction of sp³-hybridized carbons (Fsp3) is 0.846. The molecule has 1 aliphatic heterocycles. The van der Waals surface area contributed by atoms with Gasteiger partial charge in [0.15, 0.2) is 18.5 Å². The smallest absolute Gasteiger partial charge is 0.439 e. The molecule has 0 saturated carbocycles. The van der Waals surface area contributed by atoms with Crippen molar-refractivity contribution in [3.63, 3.8) is 0 Å². The fourth-order valence-corrected chi connectivity index (χ4v) is 3.04. The van der Waals surface area contributed by atoms with Crippen molar-refractivity contribution < 1.29 is 54.3 Å². The predicted octanol–water partition coefficient (Wildman–Crippen LogP) is 0.452. The molecule has 28 heavy (non-hydrogen) atoms. The van der Waals surface area contributed by atoms with Crippen molar-refractivity contribution in [2.45, 2.75) is 49.6 Å². The summed E-state index contributed by atoms with van der Waals surface area (Å²) in [4.78, 5) is 23.3. The summed E-state index contributed by atoms with van der Waals surface area (Å²) in [6, 6.07) is 0. The molecule has 0 aromatic heterocycles. The van der Waals surface area contributed by atoms with Crippen LogP contribution in [0.2, 0.25) is 0 Å². The lowest BCUT2D eigenvalue weighted by Crippen LogP contribution is -2.66. The molecule has 1 heterocycles. The zero-order valence-electron chi connectivity index (χ0n) is 15.5. The first kappa shape index (κ1) is 24.2. The van der Waals surface area contributed by atoms with Gasteiger partial charge in [0.2, 0.25) is 0 Å². The van der Waals surface area contributed by atoms with Crippen LogP contribution < -0.4 is 10.6 Å². The van der Waals surface area contributed by atoms with Gasteiger partial charge in [0, 0.05) is 21.2 Å². The maximum atomic E-state index is 12.8. The van der Waals surface area contributed by atoms with Gasteiger partial charge in [-0.25, -0.2) is 9.59 Å². The van der Waals surface area contributed by atoms with Crippen LogP contribution in [0.5, 0.6) is 0 Å². The monoisotopic (exact) mass is 438 g/mol. The minimum absolute atomic E-state index is 1.07. The van der Waals surface area contributed by atoms with Gasteiger partial charge in [-0.15, -0.1) is 0 Å². The number of hydrogen-bond acceptors (Lipinski definition) is 9. The number of nitrogens with one attached hydrogen (secondary N) is 2. The van der Waals surface area contributed by atoms with E-state index < -0.39 is 58.0 Å². The zero-order valence-corrected chi connectivity index (χ0v) is 16.3. The maximum absolute atomic E-state index is 12.8. The molecule has 0 aromatic rings. The van der Waals surface area contributed by atoms with Crippen LogP contribution in [0.25, 0.3) is 0 Å². The quantitative estimate of drug-likeness (QED) is 0.463. The lowest BCUT2D eigenvalue weighted by atomic mass is 9.89. The molecule has 11 nitrogen and oxygen atoms in total. The van der Waals surface area contributed by atoms with Gasteiger partial charge in [-0.1, -0.05) is 0 Å². The Morgan fingerprint density at radius 3 is 1.89 bits per heavy atom. The number of carbonyl (C=O) groups excluding carboxylic acids is 2. The zero-order chi connectivity index (χ0) is 21.9. The molecule has 1 fully saturated rings. The third-order valence-electron chi connectivity index (χ3n) is 3.64. The summed E-state index contributed by atoms with van der Waals surface area (Å²) in [5.74, 6) is 0. The van der Waals surface area contributed by atoms with Gasteiger partial charge >= 0.3 is 27.8 Å². The number of methoxy groups -OCH3 is 1. The number of amides is 2. The molecule has 4 atom stereocenters. The van der Waals surface area contributed by atoms with E-state index in [1.165, 1.54) is 20.9 Å². The minimum Gasteiger partial charge on any atom is -0.439 e. The summed E-state index contributed by atoms with van der Waals surface area (Å²) < 4.78 is 86.1. The lowest BCUT2D eigenvalue weighted by Gasteiger charge is -2.47. The first-order valence-corrected chi connectivity index (χ1v) is 9.08. The summed E-state index contributed by atoms with van der Waals surface area (Å²) in [6.07, 6.45) is -9.20. The number of alkyl carbamates (subject to hydrolysis) is 2. The number of alkyl halides is 3. The Morgan fingerprint density at radius 1 is 1.04 bits per heavy atom. The topological polar surface area (TPSA) is 138 Å². The van der Waals surface area contributed by atoms with Gasteiger partial charge in [-0.05, 0) is 13.8 Å². The molecule has 164 valence electrons. The van der Waals surface area contributed by atoms with Crippen LogP contribution in [0.1, 0.15) is 13.8 Å². The minimum atomic E-state index is -6.11. The van der Waals surface area contributed by atoms with Crippen molar-refractivity contribution in [3.05, 3.63) is 0 Å². The maximum Gasteiger partial charge on any atom is 0.523 e. The van der Waals surface area contributed by atoms with Crippen LogP contribution in [0.3, 0.4) is 0 Å². The van der Waals surface area contributed by atoms with E-state index in [1.807, 2.05) is 5.32 Å². The van der Waals surface area contributed by atoms with Gasteiger partial charge < -0.3 is 29.6 Å². The van der Waals surface area contributed by atoms with E-state index in [9.17, 15) is 31.2 Å². The average Bonchev–Trinajstić information content (AvgIpc) is 2.58. The molecule has 0 bridgehead atoms. The van der Waals surface area contributed by atoms with Crippen LogP contribution in [0.4, 0.5) is 22.8 Å². The second kappa shape index (κ2) is 8.67. The summed E-state index contributed by atoms with van der Waals surface area (Å²) in [5.41, 5.74) is -7.53. The van der Waals surface area contributed by atoms with E-state index in [2.05, 4.69) is 9.50 Å². The summed E-state index contributed by atoms with van der Waals surface area (Å²) in [5, 5.41) is 4.13. The Kier molecular flexibility index (Phi) is 7.49. The van der Waals surface area contributed by atoms with Crippen molar-refractivity contribution in [1.29, 1.82) is 0 Å². The number of ether oxygens (including phenoxy) is 4. The molecule has 0 aliphatic carbocycles. The number of halogens is 3. The molecule has 1 saturated heterocycles. The van der Waals surface area contributed by atoms with Crippen LogP contribution in [0, 0.1) is 0 Å². The largest absolute Gasteiger partial charge is 0.523 e. The second-order valence-corrected chi connectivity index (χ2v) is 7.55. The SMILES string of the molecule is CNC(=O)O[C@H]1[C@H](OC)OC(C)(C)[C@H](OS(=O)(=O)C(F)(F)F)[C@H]1OC(=O)NC. The van der Waals surface area contributed by atoms with Gasteiger partial charge in [0.25, 0.3) is 0 Å². The van der Waals surface area contributed by atoms with Crippen LogP contribution in [-0.2, 0) is 33.2 Å². The average molecular weight is 438 g/mol. The highest BCUT2D eigenvalue weighted by atomic mass is 32.2. The van der Waals surface area contributed by atoms with Gasteiger partial charge in [0.05, 0.1) is 5.60 Å². The highest BCUT2D eigenvalue weighted by molar-refractivity contribution is 7.87. The molecule has 0 unspecified atom stereocenters. The van der Waals surface area contributed by atoms with E-state index in [-0.39, 0.29) is 0 Å². The lowest BCUT2D eigenvalue weighted by molar-refractivity contribution is -0.310. The molecular formula is C13H21F3N2O9S. The highest BCUT2D eigenvalue weighted by Crippen LogP contribution is 2.38. The van der Waals surface area contributed by atoms with Crippen molar-refractivity contribution in [3.8, 4) is 0 Å². The second-order valence-electron chi connectivity index (χ2n) is 5.98. The van der Waals surface area contributed by atoms with Crippen molar-refractivity contribution in [2.24, 2.45) is 0 Å². The van der Waals surface area contributed by atoms with Gasteiger partial charge in [-0.2, -0.15) is 21.6 Å². The van der Waals surface area contributed by atoms with Crippen molar-refractivity contribution in [2.75, 3.05) is 21.2 Å². The van der Waals surface area contributed by atoms with Crippen LogP contribution in [-0.4, -0.2) is 77.5 Å². The molecule has 0 spiro atoms. The molecule has 15 heteroatoms. The third kappa shape index (κ3) is 5.36. The number of hydrogen-bond donors (Lipinski definition) is 2. The first-order chi connectivity index (χ1) is 12.7. The number of carbonyl (C=O) groups is 2. The molecule has 1 rings (SSSR count). The normalized spacial score (nSPS) is 27.6. The Balaban J connectivity index is 3.43. The van der Waals surface area contributed by atoms with Crippen LogP contribution in [0.15, 0.2) is 0 Å². The van der Waals surface area contributed by atoms with Crippen molar-refractivity contribution in [1.82, 2.24) is 10.6 Å². The standard InChI is InChI=1S/C13H21F3N2O9S/c1-12(2)8(27-28(21,22)13(14,15)16)6(24-10(19)17-3)7(9(23-5)26-12)25-11(20)18-4/h6-9H,1-5H3,(H,17,19)(H,18,20)/t6-,7+,8+,9+/m0/s1. The molecule has 0 aromatic carbocycles. The Bertz CT molecular complexity index is 683. The number of rotatable bonds is 5. The van der Waals surface area contributed by atoms with E-state index in [1.54, 1.807) is 0 Å². The Labute approximate surface area is 158 Å². The first-order valence-electron chi connectivity index (χ1n) is 7.67. The molecular weight excluding hydrogens is 417 g/mol. The summed E-state index contributed by atoms with van der Waals surface area (Å²) >= 11 is 0. The van der Waals surface area contributed by atoms with E-state index in [4.69, 9.17) is 18.9 Å². The van der Waals surface area contributed by atoms with Crippen molar-refractivity contribution >= 4 is 22.3 Å². The van der Waals surface area contributed by atoms with E-state index >= 15 is 0 Å². The van der Waals surface area contributed by atoms with Crippen LogP contribution >= 0.6 is 0 Å². The van der Waals surface area contributed by atoms with Gasteiger partial charge in [0.1, 0.15) is 6.10 Å². The predicted molar refractivity (Wildman–Crippen MR) is 84.5 cm³/mol.